The number of anilines is 1. The van der Waals surface area contributed by atoms with Gasteiger partial charge in [-0.15, -0.1) is 0 Å². The number of hydrogen-bond donors (Lipinski definition) is 3. The van der Waals surface area contributed by atoms with Crippen LogP contribution in [0.1, 0.15) is 40.6 Å². The van der Waals surface area contributed by atoms with Gasteiger partial charge in [0.15, 0.2) is 0 Å². The van der Waals surface area contributed by atoms with Crippen molar-refractivity contribution in [1.82, 2.24) is 20.2 Å². The Labute approximate surface area is 179 Å². The van der Waals surface area contributed by atoms with E-state index in [2.05, 4.69) is 20.9 Å². The Balaban J connectivity index is 1.44. The molecule has 0 radical (unpaired) electrons. The second-order valence-corrected chi connectivity index (χ2v) is 7.41. The van der Waals surface area contributed by atoms with Crippen molar-refractivity contribution in [1.29, 1.82) is 0 Å². The highest BCUT2D eigenvalue weighted by Gasteiger charge is 2.28. The van der Waals surface area contributed by atoms with Crippen LogP contribution in [0.15, 0.2) is 67.0 Å². The first kappa shape index (κ1) is 20.3. The number of rotatable bonds is 6. The van der Waals surface area contributed by atoms with Crippen LogP contribution >= 0.6 is 0 Å². The summed E-state index contributed by atoms with van der Waals surface area (Å²) in [6.07, 6.45) is 3.75. The van der Waals surface area contributed by atoms with E-state index in [1.165, 1.54) is 0 Å². The molecule has 3 N–H and O–H groups in total. The molecule has 1 aliphatic rings. The fourth-order valence-corrected chi connectivity index (χ4v) is 3.62. The van der Waals surface area contributed by atoms with Crippen LogP contribution in [0.25, 0.3) is 0 Å². The Morgan fingerprint density at radius 2 is 1.87 bits per heavy atom. The maximum Gasteiger partial charge on any atom is 0.254 e. The van der Waals surface area contributed by atoms with Crippen molar-refractivity contribution in [2.75, 3.05) is 5.32 Å². The normalized spacial score (nSPS) is 16.5. The third-order valence-electron chi connectivity index (χ3n) is 5.27. The number of aromatic nitrogens is 2. The van der Waals surface area contributed by atoms with E-state index in [9.17, 15) is 14.4 Å². The third kappa shape index (κ3) is 4.48. The van der Waals surface area contributed by atoms with Crippen LogP contribution in [0.5, 0.6) is 0 Å². The summed E-state index contributed by atoms with van der Waals surface area (Å²) in [6, 6.07) is 15.2. The van der Waals surface area contributed by atoms with Gasteiger partial charge in [-0.1, -0.05) is 42.5 Å². The average Bonchev–Trinajstić information content (AvgIpc) is 3.16. The lowest BCUT2D eigenvalue weighted by Crippen LogP contribution is -2.42. The van der Waals surface area contributed by atoms with Gasteiger partial charge in [0.25, 0.3) is 5.91 Å². The first-order valence-corrected chi connectivity index (χ1v) is 10.0. The molecule has 3 amide bonds. The number of nitrogens with zero attached hydrogens (tertiary/aromatic N) is 2. The van der Waals surface area contributed by atoms with Gasteiger partial charge in [0.2, 0.25) is 11.8 Å². The molecule has 0 fully saturated rings. The van der Waals surface area contributed by atoms with Crippen molar-refractivity contribution in [2.45, 2.75) is 24.9 Å². The largest absolute Gasteiger partial charge is 0.342 e. The molecule has 0 saturated carbocycles. The monoisotopic (exact) mass is 417 g/mol. The summed E-state index contributed by atoms with van der Waals surface area (Å²) in [5.74, 6) is -0.208. The van der Waals surface area contributed by atoms with E-state index >= 15 is 0 Å². The molecule has 0 saturated heterocycles. The molecule has 1 aromatic heterocycles. The summed E-state index contributed by atoms with van der Waals surface area (Å²) in [5.41, 5.74) is 1.78. The molecule has 2 heterocycles. The summed E-state index contributed by atoms with van der Waals surface area (Å²) in [4.78, 5) is 42.1. The van der Waals surface area contributed by atoms with E-state index in [-0.39, 0.29) is 30.6 Å². The van der Waals surface area contributed by atoms with Crippen LogP contribution in [-0.4, -0.2) is 33.3 Å². The molecule has 8 nitrogen and oxygen atoms in total. The van der Waals surface area contributed by atoms with Crippen molar-refractivity contribution in [3.63, 3.8) is 0 Å². The molecule has 0 spiro atoms. The number of nitrogens with one attached hydrogen (secondary N) is 3. The Morgan fingerprint density at radius 3 is 2.61 bits per heavy atom. The van der Waals surface area contributed by atoms with Crippen molar-refractivity contribution in [3.8, 4) is 0 Å². The number of imidazole rings is 1. The molecule has 0 aliphatic carbocycles. The molecular weight excluding hydrogens is 394 g/mol. The lowest BCUT2D eigenvalue weighted by Gasteiger charge is -2.20. The van der Waals surface area contributed by atoms with Gasteiger partial charge in [0.1, 0.15) is 17.9 Å². The van der Waals surface area contributed by atoms with Crippen LogP contribution in [0.3, 0.4) is 0 Å². The highest BCUT2D eigenvalue weighted by molar-refractivity contribution is 6.09. The maximum atomic E-state index is 12.8. The standard InChI is InChI=1S/C23H23N5O3/c1-28-14-13-24-21(28)20(15-7-3-2-4-8-15)27-19(29)12-11-18-23(31)25-17-10-6-5-9-16(17)22(30)26-18/h2-10,13-14,18,20H,11-12H2,1H3,(H,25,31)(H,26,30)(H,27,29). The van der Waals surface area contributed by atoms with E-state index < -0.39 is 12.1 Å². The smallest absolute Gasteiger partial charge is 0.254 e. The number of fused-ring (bicyclic) bond motifs is 1. The Morgan fingerprint density at radius 1 is 1.13 bits per heavy atom. The van der Waals surface area contributed by atoms with E-state index in [4.69, 9.17) is 0 Å². The average molecular weight is 417 g/mol. The molecule has 2 aromatic carbocycles. The molecular formula is C23H23N5O3. The maximum absolute atomic E-state index is 12.8. The lowest BCUT2D eigenvalue weighted by atomic mass is 10.1. The predicted octanol–water partition coefficient (Wildman–Crippen LogP) is 2.16. The van der Waals surface area contributed by atoms with Gasteiger partial charge >= 0.3 is 0 Å². The Bertz CT molecular complexity index is 1110. The summed E-state index contributed by atoms with van der Waals surface area (Å²) in [7, 11) is 1.87. The number of carbonyl (C=O) groups is 3. The van der Waals surface area contributed by atoms with Crippen molar-refractivity contribution >= 4 is 23.4 Å². The van der Waals surface area contributed by atoms with Gasteiger partial charge in [0, 0.05) is 25.9 Å². The SMILES string of the molecule is Cn1ccnc1C(NC(=O)CCC1NC(=O)c2ccccc2NC1=O)c1ccccc1. The second kappa shape index (κ2) is 8.83. The number of benzene rings is 2. The fraction of sp³-hybridized carbons (Fsp3) is 0.217. The molecule has 4 rings (SSSR count). The minimum Gasteiger partial charge on any atom is -0.342 e. The topological polar surface area (TPSA) is 105 Å². The number of amides is 3. The van der Waals surface area contributed by atoms with Gasteiger partial charge in [-0.3, -0.25) is 14.4 Å². The summed E-state index contributed by atoms with van der Waals surface area (Å²) >= 11 is 0. The molecule has 2 unspecified atom stereocenters. The fourth-order valence-electron chi connectivity index (χ4n) is 3.62. The van der Waals surface area contributed by atoms with E-state index in [1.807, 2.05) is 48.1 Å². The molecule has 0 bridgehead atoms. The van der Waals surface area contributed by atoms with Crippen molar-refractivity contribution in [3.05, 3.63) is 83.9 Å². The Hall–Kier alpha value is -3.94. The number of carbonyl (C=O) groups excluding carboxylic acids is 3. The van der Waals surface area contributed by atoms with E-state index in [0.717, 1.165) is 5.56 Å². The number of aryl methyl sites for hydroxylation is 1. The summed E-state index contributed by atoms with van der Waals surface area (Å²) in [5, 5.41) is 8.48. The van der Waals surface area contributed by atoms with Gasteiger partial charge in [-0.25, -0.2) is 4.98 Å². The van der Waals surface area contributed by atoms with Crippen LogP contribution in [0.4, 0.5) is 5.69 Å². The predicted molar refractivity (Wildman–Crippen MR) is 115 cm³/mol. The zero-order valence-electron chi connectivity index (χ0n) is 17.0. The van der Waals surface area contributed by atoms with Crippen LogP contribution in [0, 0.1) is 0 Å². The first-order valence-electron chi connectivity index (χ1n) is 10.0. The highest BCUT2D eigenvalue weighted by atomic mass is 16.2. The molecule has 31 heavy (non-hydrogen) atoms. The first-order chi connectivity index (χ1) is 15.0. The van der Waals surface area contributed by atoms with Gasteiger partial charge in [-0.05, 0) is 24.1 Å². The van der Waals surface area contributed by atoms with E-state index in [0.29, 0.717) is 17.1 Å². The molecule has 1 aliphatic heterocycles. The third-order valence-corrected chi connectivity index (χ3v) is 5.27. The highest BCUT2D eigenvalue weighted by Crippen LogP contribution is 2.22. The van der Waals surface area contributed by atoms with Crippen molar-refractivity contribution < 1.29 is 14.4 Å². The lowest BCUT2D eigenvalue weighted by molar-refractivity contribution is -0.122. The summed E-state index contributed by atoms with van der Waals surface area (Å²) in [6.45, 7) is 0. The van der Waals surface area contributed by atoms with Gasteiger partial charge < -0.3 is 20.5 Å². The second-order valence-electron chi connectivity index (χ2n) is 7.41. The molecule has 158 valence electrons. The zero-order valence-corrected chi connectivity index (χ0v) is 17.0. The van der Waals surface area contributed by atoms with Crippen LogP contribution in [-0.2, 0) is 16.6 Å². The quantitative estimate of drug-likeness (QED) is 0.572. The van der Waals surface area contributed by atoms with Crippen LogP contribution in [0.2, 0.25) is 0 Å². The summed E-state index contributed by atoms with van der Waals surface area (Å²) < 4.78 is 1.86. The van der Waals surface area contributed by atoms with Crippen molar-refractivity contribution in [2.24, 2.45) is 7.05 Å². The molecule has 8 heteroatoms. The Kier molecular flexibility index (Phi) is 5.79. The minimum absolute atomic E-state index is 0.0719. The molecule has 3 aromatic rings. The number of hydrogen-bond acceptors (Lipinski definition) is 4. The number of para-hydroxylation sites is 1. The minimum atomic E-state index is -0.797. The van der Waals surface area contributed by atoms with Gasteiger partial charge in [-0.2, -0.15) is 0 Å². The van der Waals surface area contributed by atoms with Crippen LogP contribution < -0.4 is 16.0 Å². The van der Waals surface area contributed by atoms with E-state index in [1.54, 1.807) is 30.5 Å². The van der Waals surface area contributed by atoms with Gasteiger partial charge in [0.05, 0.1) is 11.3 Å². The molecule has 2 atom stereocenters. The zero-order chi connectivity index (χ0) is 21.8.